The molecule has 0 saturated carbocycles. The molecule has 0 aliphatic heterocycles. The van der Waals surface area contributed by atoms with Gasteiger partial charge >= 0.3 is 0 Å². The molecule has 1 aromatic heterocycles. The van der Waals surface area contributed by atoms with Crippen molar-refractivity contribution in [2.24, 2.45) is 0 Å². The number of halogens is 2. The molecule has 0 saturated heterocycles. The molecule has 0 aliphatic carbocycles. The third-order valence-corrected chi connectivity index (χ3v) is 3.14. The first kappa shape index (κ1) is 11.7. The van der Waals surface area contributed by atoms with Crippen molar-refractivity contribution in [1.82, 2.24) is 0 Å². The summed E-state index contributed by atoms with van der Waals surface area (Å²) in [6.07, 6.45) is 0.859. The number of hydrogen-bond donors (Lipinski definition) is 0. The van der Waals surface area contributed by atoms with Crippen LogP contribution in [-0.4, -0.2) is 11.7 Å². The van der Waals surface area contributed by atoms with Gasteiger partial charge in [0.25, 0.3) is 0 Å². The molecule has 0 atom stereocenters. The Balaban J connectivity index is 2.64. The Morgan fingerprint density at radius 3 is 2.81 bits per heavy atom. The summed E-state index contributed by atoms with van der Waals surface area (Å²) in [4.78, 5) is 11.4. The third-order valence-electron chi connectivity index (χ3n) is 2.44. The number of alkyl halides is 1. The van der Waals surface area contributed by atoms with Gasteiger partial charge in [0.2, 0.25) is 5.78 Å². The summed E-state index contributed by atoms with van der Waals surface area (Å²) in [7, 11) is 0. The highest BCUT2D eigenvalue weighted by atomic mass is 79.9. The lowest BCUT2D eigenvalue weighted by molar-refractivity contribution is 0.0992. The second-order valence-corrected chi connectivity index (χ2v) is 4.69. The Kier molecular flexibility index (Phi) is 3.36. The molecule has 16 heavy (non-hydrogen) atoms. The highest BCUT2D eigenvalue weighted by Crippen LogP contribution is 2.28. The fraction of sp³-hybridized carbons (Fsp3) is 0.250. The number of carbonyl (C=O) groups is 1. The van der Waals surface area contributed by atoms with Crippen LogP contribution in [0, 0.1) is 0 Å². The smallest absolute Gasteiger partial charge is 0.212 e. The van der Waals surface area contributed by atoms with Gasteiger partial charge in [0, 0.05) is 9.86 Å². The minimum atomic E-state index is -0.184. The topological polar surface area (TPSA) is 30.2 Å². The van der Waals surface area contributed by atoms with Crippen LogP contribution in [0.15, 0.2) is 27.1 Å². The van der Waals surface area contributed by atoms with Crippen LogP contribution in [0.25, 0.3) is 11.0 Å². The first-order valence-electron chi connectivity index (χ1n) is 4.96. The van der Waals surface area contributed by atoms with E-state index in [4.69, 9.17) is 16.0 Å². The second kappa shape index (κ2) is 4.60. The zero-order valence-electron chi connectivity index (χ0n) is 8.72. The quantitative estimate of drug-likeness (QED) is 0.629. The van der Waals surface area contributed by atoms with Gasteiger partial charge in [-0.3, -0.25) is 4.79 Å². The Morgan fingerprint density at radius 1 is 1.44 bits per heavy atom. The van der Waals surface area contributed by atoms with E-state index in [1.165, 1.54) is 0 Å². The molecule has 2 aromatic rings. The number of rotatable bonds is 3. The number of carbonyl (C=O) groups excluding carboxylic acids is 1. The third kappa shape index (κ3) is 2.02. The van der Waals surface area contributed by atoms with Crippen LogP contribution in [0.2, 0.25) is 0 Å². The van der Waals surface area contributed by atoms with Gasteiger partial charge in [0.05, 0.1) is 5.88 Å². The summed E-state index contributed by atoms with van der Waals surface area (Å²) in [6.45, 7) is 2.05. The number of furan rings is 1. The van der Waals surface area contributed by atoms with Crippen molar-refractivity contribution in [3.05, 3.63) is 34.0 Å². The van der Waals surface area contributed by atoms with E-state index in [-0.39, 0.29) is 11.7 Å². The van der Waals surface area contributed by atoms with E-state index in [1.54, 1.807) is 6.07 Å². The molecule has 1 aromatic carbocycles. The molecule has 2 nitrogen and oxygen atoms in total. The minimum absolute atomic E-state index is 0.0531. The summed E-state index contributed by atoms with van der Waals surface area (Å²) < 4.78 is 6.53. The predicted octanol–water partition coefficient (Wildman–Crippen LogP) is 4.18. The highest BCUT2D eigenvalue weighted by Gasteiger charge is 2.13. The van der Waals surface area contributed by atoms with Gasteiger partial charge in [-0.2, -0.15) is 0 Å². The SMILES string of the molecule is CCc1cc(Br)cc2cc(C(=O)CCl)oc12. The number of hydrogen-bond acceptors (Lipinski definition) is 2. The zero-order valence-corrected chi connectivity index (χ0v) is 11.1. The Labute approximate surface area is 107 Å². The molecule has 0 amide bonds. The summed E-state index contributed by atoms with van der Waals surface area (Å²) in [5, 5.41) is 0.930. The molecule has 0 fully saturated rings. The van der Waals surface area contributed by atoms with Crippen LogP contribution < -0.4 is 0 Å². The number of ketones is 1. The van der Waals surface area contributed by atoms with E-state index in [0.29, 0.717) is 5.76 Å². The van der Waals surface area contributed by atoms with Gasteiger partial charge in [-0.05, 0) is 30.2 Å². The first-order valence-corrected chi connectivity index (χ1v) is 6.29. The maximum Gasteiger partial charge on any atom is 0.212 e. The Bertz CT molecular complexity index is 545. The fourth-order valence-electron chi connectivity index (χ4n) is 1.65. The van der Waals surface area contributed by atoms with E-state index in [2.05, 4.69) is 15.9 Å². The van der Waals surface area contributed by atoms with E-state index in [9.17, 15) is 4.79 Å². The van der Waals surface area contributed by atoms with Crippen molar-refractivity contribution in [1.29, 1.82) is 0 Å². The second-order valence-electron chi connectivity index (χ2n) is 3.50. The molecule has 0 N–H and O–H groups in total. The van der Waals surface area contributed by atoms with E-state index < -0.39 is 0 Å². The maximum absolute atomic E-state index is 11.4. The van der Waals surface area contributed by atoms with Crippen molar-refractivity contribution in [3.8, 4) is 0 Å². The molecule has 4 heteroatoms. The van der Waals surface area contributed by atoms with E-state index >= 15 is 0 Å². The Hall–Kier alpha value is -0.800. The fourth-order valence-corrected chi connectivity index (χ4v) is 2.31. The van der Waals surface area contributed by atoms with E-state index in [1.807, 2.05) is 19.1 Å². The summed E-state index contributed by atoms with van der Waals surface area (Å²) in [5.41, 5.74) is 1.86. The van der Waals surface area contributed by atoms with Crippen molar-refractivity contribution in [3.63, 3.8) is 0 Å². The molecule has 0 unspecified atom stereocenters. The molecule has 2 rings (SSSR count). The predicted molar refractivity (Wildman–Crippen MR) is 68.3 cm³/mol. The largest absolute Gasteiger partial charge is 0.453 e. The summed E-state index contributed by atoms with van der Waals surface area (Å²) in [5.74, 6) is 0.0940. The zero-order chi connectivity index (χ0) is 11.7. The van der Waals surface area contributed by atoms with Crippen molar-refractivity contribution < 1.29 is 9.21 Å². The van der Waals surface area contributed by atoms with Crippen LogP contribution in [0.4, 0.5) is 0 Å². The minimum Gasteiger partial charge on any atom is -0.453 e. The number of Topliss-reactive ketones (excluding diaryl/α,β-unsaturated/α-hetero) is 1. The lowest BCUT2D eigenvalue weighted by Crippen LogP contribution is -1.96. The first-order chi connectivity index (χ1) is 7.65. The van der Waals surface area contributed by atoms with Crippen LogP contribution >= 0.6 is 27.5 Å². The molecule has 0 spiro atoms. The molecule has 84 valence electrons. The Morgan fingerprint density at radius 2 is 2.19 bits per heavy atom. The molecule has 0 aliphatic rings. The lowest BCUT2D eigenvalue weighted by atomic mass is 10.1. The normalized spacial score (nSPS) is 10.9. The van der Waals surface area contributed by atoms with Crippen molar-refractivity contribution in [2.75, 3.05) is 5.88 Å². The lowest BCUT2D eigenvalue weighted by Gasteiger charge is -1.98. The average Bonchev–Trinajstić information content (AvgIpc) is 2.70. The average molecular weight is 302 g/mol. The van der Waals surface area contributed by atoms with Crippen LogP contribution in [0.1, 0.15) is 23.0 Å². The molecular weight excluding hydrogens is 291 g/mol. The molecular formula is C12H10BrClO2. The van der Waals surface area contributed by atoms with Crippen molar-refractivity contribution >= 4 is 44.3 Å². The molecule has 1 heterocycles. The molecule has 0 radical (unpaired) electrons. The summed E-state index contributed by atoms with van der Waals surface area (Å²) >= 11 is 8.93. The van der Waals surface area contributed by atoms with Crippen LogP contribution in [0.3, 0.4) is 0 Å². The van der Waals surface area contributed by atoms with Gasteiger partial charge in [0.1, 0.15) is 5.58 Å². The van der Waals surface area contributed by atoms with Gasteiger partial charge in [-0.1, -0.05) is 22.9 Å². The standard InChI is InChI=1S/C12H10BrClO2/c1-2-7-3-9(13)4-8-5-11(10(15)6-14)16-12(7)8/h3-5H,2,6H2,1H3. The summed E-state index contributed by atoms with van der Waals surface area (Å²) in [6, 6.07) is 5.67. The number of aryl methyl sites for hydroxylation is 1. The van der Waals surface area contributed by atoms with Gasteiger partial charge < -0.3 is 4.42 Å². The monoisotopic (exact) mass is 300 g/mol. The van der Waals surface area contributed by atoms with Crippen LogP contribution in [-0.2, 0) is 6.42 Å². The van der Waals surface area contributed by atoms with Gasteiger partial charge in [-0.15, -0.1) is 11.6 Å². The molecule has 0 bridgehead atoms. The highest BCUT2D eigenvalue weighted by molar-refractivity contribution is 9.10. The number of benzene rings is 1. The van der Waals surface area contributed by atoms with Crippen molar-refractivity contribution in [2.45, 2.75) is 13.3 Å². The maximum atomic E-state index is 11.4. The number of fused-ring (bicyclic) bond motifs is 1. The van der Waals surface area contributed by atoms with Crippen LogP contribution in [0.5, 0.6) is 0 Å². The van der Waals surface area contributed by atoms with Gasteiger partial charge in [-0.25, -0.2) is 0 Å². The van der Waals surface area contributed by atoms with E-state index in [0.717, 1.165) is 27.4 Å². The van der Waals surface area contributed by atoms with Gasteiger partial charge in [0.15, 0.2) is 5.76 Å².